The highest BCUT2D eigenvalue weighted by Crippen LogP contribution is 2.21. The molecule has 0 aliphatic rings. The van der Waals surface area contributed by atoms with Gasteiger partial charge < -0.3 is 0 Å². The highest BCUT2D eigenvalue weighted by atomic mass is 16.6. The van der Waals surface area contributed by atoms with E-state index in [1.165, 1.54) is 13.8 Å². The molecule has 0 spiro atoms. The predicted molar refractivity (Wildman–Crippen MR) is 45.1 cm³/mol. The Bertz CT molecular complexity index is 238. The van der Waals surface area contributed by atoms with Crippen LogP contribution in [0.25, 0.3) is 0 Å². The highest BCUT2D eigenvalue weighted by Gasteiger charge is 2.33. The van der Waals surface area contributed by atoms with Crippen LogP contribution in [0.4, 0.5) is 0 Å². The summed E-state index contributed by atoms with van der Waals surface area (Å²) < 4.78 is 0. The van der Waals surface area contributed by atoms with Gasteiger partial charge in [-0.3, -0.25) is 10.1 Å². The minimum atomic E-state index is -1.11. The second-order valence-electron chi connectivity index (χ2n) is 3.08. The van der Waals surface area contributed by atoms with Crippen molar-refractivity contribution in [3.63, 3.8) is 0 Å². The summed E-state index contributed by atoms with van der Waals surface area (Å²) in [6.07, 6.45) is 0.681. The van der Waals surface area contributed by atoms with Crippen molar-refractivity contribution in [1.29, 1.82) is 5.26 Å². The molecule has 0 aromatic heterocycles. The van der Waals surface area contributed by atoms with Gasteiger partial charge in [0.05, 0.1) is 6.07 Å². The number of nitriles is 1. The Morgan fingerprint density at radius 1 is 1.75 bits per heavy atom. The second-order valence-corrected chi connectivity index (χ2v) is 3.08. The van der Waals surface area contributed by atoms with Crippen molar-refractivity contribution in [3.8, 4) is 6.07 Å². The van der Waals surface area contributed by atoms with Gasteiger partial charge in [-0.1, -0.05) is 6.58 Å². The molecule has 0 N–H and O–H groups in total. The van der Waals surface area contributed by atoms with Gasteiger partial charge in [-0.05, 0) is 12.0 Å². The third-order valence-electron chi connectivity index (χ3n) is 1.86. The largest absolute Gasteiger partial charge is 0.264 e. The topological polar surface area (TPSA) is 66.9 Å². The zero-order valence-electron chi connectivity index (χ0n) is 7.33. The van der Waals surface area contributed by atoms with Gasteiger partial charge in [0.1, 0.15) is 0 Å². The van der Waals surface area contributed by atoms with Crippen LogP contribution in [0.1, 0.15) is 26.7 Å². The molecule has 0 bridgehead atoms. The molecular weight excluding hydrogens is 156 g/mol. The first-order valence-electron chi connectivity index (χ1n) is 3.62. The Balaban J connectivity index is 4.28. The van der Waals surface area contributed by atoms with Crippen LogP contribution >= 0.6 is 0 Å². The van der Waals surface area contributed by atoms with Gasteiger partial charge in [0.15, 0.2) is 0 Å². The molecule has 0 saturated carbocycles. The number of hydrogen-bond donors (Lipinski definition) is 0. The van der Waals surface area contributed by atoms with Gasteiger partial charge in [0.2, 0.25) is 5.54 Å². The van der Waals surface area contributed by atoms with Gasteiger partial charge in [0, 0.05) is 25.2 Å². The molecule has 0 heterocycles. The Morgan fingerprint density at radius 2 is 2.25 bits per heavy atom. The van der Waals surface area contributed by atoms with Crippen molar-refractivity contribution in [2.75, 3.05) is 0 Å². The van der Waals surface area contributed by atoms with Crippen LogP contribution in [0.5, 0.6) is 0 Å². The number of nitrogens with zero attached hydrogens (tertiary/aromatic N) is 2. The van der Waals surface area contributed by atoms with Crippen LogP contribution in [0, 0.1) is 21.4 Å². The van der Waals surface area contributed by atoms with E-state index in [1.54, 1.807) is 0 Å². The molecule has 4 heteroatoms. The lowest BCUT2D eigenvalue weighted by Gasteiger charge is -2.17. The molecular formula is C8H12N2O2. The smallest absolute Gasteiger partial charge is 0.237 e. The van der Waals surface area contributed by atoms with Crippen LogP contribution in [0.2, 0.25) is 0 Å². The standard InChI is InChI=1S/C8H12N2O2/c1-7(5-4-6-9)8(2,3)10(11)12/h1,4-5H2,2-3H3. The third-order valence-corrected chi connectivity index (χ3v) is 1.86. The Hall–Kier alpha value is -1.37. The second kappa shape index (κ2) is 3.86. The fourth-order valence-corrected chi connectivity index (χ4v) is 0.642. The van der Waals surface area contributed by atoms with Crippen LogP contribution in [-0.2, 0) is 0 Å². The van der Waals surface area contributed by atoms with Crippen molar-refractivity contribution < 1.29 is 4.92 Å². The minimum absolute atomic E-state index is 0.288. The molecule has 0 fully saturated rings. The van der Waals surface area contributed by atoms with E-state index >= 15 is 0 Å². The molecule has 0 aliphatic heterocycles. The molecule has 0 saturated heterocycles. The van der Waals surface area contributed by atoms with Crippen molar-refractivity contribution in [2.45, 2.75) is 32.2 Å². The van der Waals surface area contributed by atoms with E-state index in [9.17, 15) is 10.1 Å². The first-order valence-corrected chi connectivity index (χ1v) is 3.62. The summed E-state index contributed by atoms with van der Waals surface area (Å²) in [6.45, 7) is 6.58. The van der Waals surface area contributed by atoms with E-state index in [0.29, 0.717) is 12.0 Å². The zero-order chi connectivity index (χ0) is 9.78. The highest BCUT2D eigenvalue weighted by molar-refractivity contribution is 5.09. The fourth-order valence-electron chi connectivity index (χ4n) is 0.642. The molecule has 0 atom stereocenters. The molecule has 0 rings (SSSR count). The van der Waals surface area contributed by atoms with Gasteiger partial charge in [-0.25, -0.2) is 0 Å². The monoisotopic (exact) mass is 168 g/mol. The molecule has 0 aromatic carbocycles. The fraction of sp³-hybridized carbons (Fsp3) is 0.625. The summed E-state index contributed by atoms with van der Waals surface area (Å²) in [4.78, 5) is 10.1. The average Bonchev–Trinajstić information content (AvgIpc) is 1.99. The summed E-state index contributed by atoms with van der Waals surface area (Å²) in [5, 5.41) is 18.7. The van der Waals surface area contributed by atoms with Gasteiger partial charge in [-0.2, -0.15) is 5.26 Å². The van der Waals surface area contributed by atoms with E-state index < -0.39 is 5.54 Å². The van der Waals surface area contributed by atoms with E-state index in [2.05, 4.69) is 6.58 Å². The summed E-state index contributed by atoms with van der Waals surface area (Å²) in [5.74, 6) is 0. The summed E-state index contributed by atoms with van der Waals surface area (Å²) >= 11 is 0. The molecule has 0 unspecified atom stereocenters. The Kier molecular flexibility index (Phi) is 3.42. The predicted octanol–water partition coefficient (Wildman–Crippen LogP) is 1.90. The molecule has 66 valence electrons. The van der Waals surface area contributed by atoms with E-state index in [4.69, 9.17) is 5.26 Å². The number of nitro groups is 1. The summed E-state index contributed by atoms with van der Waals surface area (Å²) in [7, 11) is 0. The van der Waals surface area contributed by atoms with Crippen molar-refractivity contribution in [1.82, 2.24) is 0 Å². The zero-order valence-corrected chi connectivity index (χ0v) is 7.33. The van der Waals surface area contributed by atoms with Crippen molar-refractivity contribution in [3.05, 3.63) is 22.3 Å². The number of rotatable bonds is 4. The summed E-state index contributed by atoms with van der Waals surface area (Å²) in [5.41, 5.74) is -0.620. The van der Waals surface area contributed by atoms with Gasteiger partial charge >= 0.3 is 0 Å². The van der Waals surface area contributed by atoms with Crippen LogP contribution in [0.3, 0.4) is 0 Å². The Morgan fingerprint density at radius 3 is 2.58 bits per heavy atom. The first-order chi connectivity index (χ1) is 5.42. The van der Waals surface area contributed by atoms with Crippen molar-refractivity contribution in [2.24, 2.45) is 0 Å². The average molecular weight is 168 g/mol. The SMILES string of the molecule is C=C(CCC#N)C(C)(C)[N+](=O)[O-]. The summed E-state index contributed by atoms with van der Waals surface area (Å²) in [6, 6.07) is 1.93. The normalized spacial score (nSPS) is 10.4. The minimum Gasteiger partial charge on any atom is -0.264 e. The first kappa shape index (κ1) is 10.6. The lowest BCUT2D eigenvalue weighted by atomic mass is 9.93. The van der Waals surface area contributed by atoms with Crippen molar-refractivity contribution >= 4 is 0 Å². The third kappa shape index (κ3) is 2.35. The van der Waals surface area contributed by atoms with E-state index in [0.717, 1.165) is 0 Å². The van der Waals surface area contributed by atoms with Crippen LogP contribution in [-0.4, -0.2) is 10.5 Å². The molecule has 0 radical (unpaired) electrons. The van der Waals surface area contributed by atoms with E-state index in [1.807, 2.05) is 6.07 Å². The van der Waals surface area contributed by atoms with Gasteiger partial charge in [0.25, 0.3) is 0 Å². The maximum Gasteiger partial charge on any atom is 0.237 e. The van der Waals surface area contributed by atoms with Gasteiger partial charge in [-0.15, -0.1) is 0 Å². The molecule has 12 heavy (non-hydrogen) atoms. The van der Waals surface area contributed by atoms with E-state index in [-0.39, 0.29) is 11.3 Å². The molecule has 0 amide bonds. The Labute approximate surface area is 71.6 Å². The quantitative estimate of drug-likeness (QED) is 0.365. The maximum absolute atomic E-state index is 10.5. The lowest BCUT2D eigenvalue weighted by Crippen LogP contribution is -2.32. The van der Waals surface area contributed by atoms with Crippen LogP contribution in [0.15, 0.2) is 12.2 Å². The maximum atomic E-state index is 10.5. The molecule has 4 nitrogen and oxygen atoms in total. The molecule has 0 aromatic rings. The number of hydrogen-bond acceptors (Lipinski definition) is 3. The van der Waals surface area contributed by atoms with Crippen LogP contribution < -0.4 is 0 Å². The lowest BCUT2D eigenvalue weighted by molar-refractivity contribution is -0.548. The molecule has 0 aliphatic carbocycles.